The van der Waals surface area contributed by atoms with E-state index in [2.05, 4.69) is 39.3 Å². The number of pyridine rings is 1. The SMILES string of the molecule is CNc1cc(N2CCCN(C)CC2)ccn1. The summed E-state index contributed by atoms with van der Waals surface area (Å²) < 4.78 is 0. The molecule has 0 aromatic carbocycles. The Morgan fingerprint density at radius 2 is 2.12 bits per heavy atom. The van der Waals surface area contributed by atoms with Crippen LogP contribution in [-0.4, -0.2) is 50.2 Å². The average molecular weight is 220 g/mol. The van der Waals surface area contributed by atoms with Gasteiger partial charge in [-0.2, -0.15) is 0 Å². The van der Waals surface area contributed by atoms with Crippen molar-refractivity contribution in [2.24, 2.45) is 0 Å². The minimum atomic E-state index is 0.940. The molecule has 0 atom stereocenters. The quantitative estimate of drug-likeness (QED) is 0.813. The van der Waals surface area contributed by atoms with E-state index in [0.717, 1.165) is 25.5 Å². The van der Waals surface area contributed by atoms with Crippen LogP contribution in [-0.2, 0) is 0 Å². The standard InChI is InChI=1S/C12H20N4/c1-13-12-10-11(4-5-14-12)16-7-3-6-15(2)8-9-16/h4-5,10H,3,6-9H2,1-2H3,(H,13,14). The van der Waals surface area contributed by atoms with Crippen molar-refractivity contribution in [3.05, 3.63) is 18.3 Å². The van der Waals surface area contributed by atoms with Crippen molar-refractivity contribution in [1.82, 2.24) is 9.88 Å². The van der Waals surface area contributed by atoms with Crippen LogP contribution < -0.4 is 10.2 Å². The molecule has 0 spiro atoms. The number of nitrogens with zero attached hydrogens (tertiary/aromatic N) is 3. The van der Waals surface area contributed by atoms with Gasteiger partial charge >= 0.3 is 0 Å². The molecule has 0 amide bonds. The van der Waals surface area contributed by atoms with Crippen LogP contribution in [0, 0.1) is 0 Å². The van der Waals surface area contributed by atoms with Crippen LogP contribution in [0.4, 0.5) is 11.5 Å². The summed E-state index contributed by atoms with van der Waals surface area (Å²) in [5.41, 5.74) is 1.27. The molecule has 4 nitrogen and oxygen atoms in total. The summed E-state index contributed by atoms with van der Waals surface area (Å²) in [6.45, 7) is 4.57. The Bertz CT molecular complexity index is 340. The number of rotatable bonds is 2. The third kappa shape index (κ3) is 2.64. The van der Waals surface area contributed by atoms with E-state index in [0.29, 0.717) is 0 Å². The molecule has 1 saturated heterocycles. The zero-order valence-corrected chi connectivity index (χ0v) is 10.1. The molecule has 1 fully saturated rings. The maximum atomic E-state index is 4.24. The first-order chi connectivity index (χ1) is 7.79. The Morgan fingerprint density at radius 1 is 1.25 bits per heavy atom. The second kappa shape index (κ2) is 5.16. The third-order valence-corrected chi connectivity index (χ3v) is 3.08. The highest BCUT2D eigenvalue weighted by Crippen LogP contribution is 2.18. The lowest BCUT2D eigenvalue weighted by Gasteiger charge is -2.23. The fraction of sp³-hybridized carbons (Fsp3) is 0.583. The summed E-state index contributed by atoms with van der Waals surface area (Å²) in [5, 5.41) is 3.08. The van der Waals surface area contributed by atoms with Crippen molar-refractivity contribution < 1.29 is 0 Å². The first kappa shape index (κ1) is 11.2. The number of hydrogen-bond donors (Lipinski definition) is 1. The number of aromatic nitrogens is 1. The van der Waals surface area contributed by atoms with Crippen LogP contribution in [0.25, 0.3) is 0 Å². The molecule has 1 aromatic heterocycles. The minimum absolute atomic E-state index is 0.940. The fourth-order valence-electron chi connectivity index (χ4n) is 2.06. The van der Waals surface area contributed by atoms with Gasteiger partial charge < -0.3 is 15.1 Å². The molecule has 1 aliphatic heterocycles. The van der Waals surface area contributed by atoms with Crippen molar-refractivity contribution >= 4 is 11.5 Å². The Hall–Kier alpha value is -1.29. The second-order valence-corrected chi connectivity index (χ2v) is 4.29. The molecule has 0 saturated carbocycles. The van der Waals surface area contributed by atoms with Gasteiger partial charge in [0.1, 0.15) is 5.82 Å². The van der Waals surface area contributed by atoms with Gasteiger partial charge in [0.2, 0.25) is 0 Å². The summed E-state index contributed by atoms with van der Waals surface area (Å²) in [6, 6.07) is 4.21. The van der Waals surface area contributed by atoms with Crippen molar-refractivity contribution in [3.63, 3.8) is 0 Å². The largest absolute Gasteiger partial charge is 0.373 e. The van der Waals surface area contributed by atoms with Crippen LogP contribution in [0.2, 0.25) is 0 Å². The second-order valence-electron chi connectivity index (χ2n) is 4.29. The first-order valence-corrected chi connectivity index (χ1v) is 5.87. The van der Waals surface area contributed by atoms with Crippen molar-refractivity contribution in [1.29, 1.82) is 0 Å². The highest BCUT2D eigenvalue weighted by Gasteiger charge is 2.12. The maximum absolute atomic E-state index is 4.24. The van der Waals surface area contributed by atoms with Crippen molar-refractivity contribution in [3.8, 4) is 0 Å². The molecule has 4 heteroatoms. The van der Waals surface area contributed by atoms with Gasteiger partial charge in [-0.25, -0.2) is 4.98 Å². The van der Waals surface area contributed by atoms with Gasteiger partial charge in [-0.1, -0.05) is 0 Å². The smallest absolute Gasteiger partial charge is 0.127 e. The van der Waals surface area contributed by atoms with E-state index in [-0.39, 0.29) is 0 Å². The molecule has 0 bridgehead atoms. The van der Waals surface area contributed by atoms with Gasteiger partial charge in [-0.15, -0.1) is 0 Å². The van der Waals surface area contributed by atoms with E-state index in [1.165, 1.54) is 18.7 Å². The van der Waals surface area contributed by atoms with Crippen LogP contribution in [0.1, 0.15) is 6.42 Å². The Morgan fingerprint density at radius 3 is 2.94 bits per heavy atom. The van der Waals surface area contributed by atoms with E-state index in [4.69, 9.17) is 0 Å². The molecular weight excluding hydrogens is 200 g/mol. The van der Waals surface area contributed by atoms with E-state index in [1.807, 2.05) is 13.2 Å². The van der Waals surface area contributed by atoms with E-state index in [1.54, 1.807) is 0 Å². The van der Waals surface area contributed by atoms with E-state index in [9.17, 15) is 0 Å². The monoisotopic (exact) mass is 220 g/mol. The van der Waals surface area contributed by atoms with Crippen molar-refractivity contribution in [2.75, 3.05) is 50.5 Å². The number of likely N-dealkylation sites (N-methyl/N-ethyl adjacent to an activating group) is 1. The number of nitrogens with one attached hydrogen (secondary N) is 1. The minimum Gasteiger partial charge on any atom is -0.373 e. The number of hydrogen-bond acceptors (Lipinski definition) is 4. The van der Waals surface area contributed by atoms with Gasteiger partial charge in [0, 0.05) is 44.6 Å². The summed E-state index contributed by atoms with van der Waals surface area (Å²) in [5.74, 6) is 0.940. The lowest BCUT2D eigenvalue weighted by molar-refractivity contribution is 0.360. The molecule has 0 aliphatic carbocycles. The van der Waals surface area contributed by atoms with E-state index < -0.39 is 0 Å². The number of anilines is 2. The molecule has 1 N–H and O–H groups in total. The molecule has 16 heavy (non-hydrogen) atoms. The molecule has 0 radical (unpaired) electrons. The van der Waals surface area contributed by atoms with Crippen LogP contribution in [0.5, 0.6) is 0 Å². The van der Waals surface area contributed by atoms with Gasteiger partial charge in [-0.05, 0) is 26.1 Å². The first-order valence-electron chi connectivity index (χ1n) is 5.87. The van der Waals surface area contributed by atoms with Gasteiger partial charge in [0.05, 0.1) is 0 Å². The Kier molecular flexibility index (Phi) is 3.62. The summed E-state index contributed by atoms with van der Waals surface area (Å²) >= 11 is 0. The van der Waals surface area contributed by atoms with Crippen molar-refractivity contribution in [2.45, 2.75) is 6.42 Å². The molecular formula is C12H20N4. The van der Waals surface area contributed by atoms with E-state index >= 15 is 0 Å². The molecule has 88 valence electrons. The van der Waals surface area contributed by atoms with Crippen LogP contribution in [0.15, 0.2) is 18.3 Å². The topological polar surface area (TPSA) is 31.4 Å². The molecule has 1 aromatic rings. The molecule has 2 heterocycles. The fourth-order valence-corrected chi connectivity index (χ4v) is 2.06. The summed E-state index contributed by atoms with van der Waals surface area (Å²) in [4.78, 5) is 9.07. The lowest BCUT2D eigenvalue weighted by Crippen LogP contribution is -2.28. The van der Waals surface area contributed by atoms with Crippen LogP contribution >= 0.6 is 0 Å². The summed E-state index contributed by atoms with van der Waals surface area (Å²) in [7, 11) is 4.09. The summed E-state index contributed by atoms with van der Waals surface area (Å²) in [6.07, 6.45) is 3.10. The van der Waals surface area contributed by atoms with Gasteiger partial charge in [-0.3, -0.25) is 0 Å². The van der Waals surface area contributed by atoms with Crippen LogP contribution in [0.3, 0.4) is 0 Å². The van der Waals surface area contributed by atoms with Gasteiger partial charge in [0.15, 0.2) is 0 Å². The predicted octanol–water partition coefficient (Wildman–Crippen LogP) is 1.27. The Labute approximate surface area is 97.3 Å². The maximum Gasteiger partial charge on any atom is 0.127 e. The Balaban J connectivity index is 2.10. The average Bonchev–Trinajstić information content (AvgIpc) is 2.54. The normalized spacial score (nSPS) is 18.2. The highest BCUT2D eigenvalue weighted by molar-refractivity contribution is 5.53. The predicted molar refractivity (Wildman–Crippen MR) is 68.1 cm³/mol. The molecule has 2 rings (SSSR count). The van der Waals surface area contributed by atoms with Gasteiger partial charge in [0.25, 0.3) is 0 Å². The third-order valence-electron chi connectivity index (χ3n) is 3.08. The highest BCUT2D eigenvalue weighted by atomic mass is 15.2. The zero-order chi connectivity index (χ0) is 11.4. The molecule has 1 aliphatic rings. The lowest BCUT2D eigenvalue weighted by atomic mass is 10.3. The zero-order valence-electron chi connectivity index (χ0n) is 10.1. The molecule has 0 unspecified atom stereocenters.